The van der Waals surface area contributed by atoms with Gasteiger partial charge < -0.3 is 0 Å². The number of hydrogen-bond acceptors (Lipinski definition) is 5. The second-order valence-corrected chi connectivity index (χ2v) is 5.38. The van der Waals surface area contributed by atoms with Crippen LogP contribution in [0.3, 0.4) is 0 Å². The first-order valence-corrected chi connectivity index (χ1v) is 7.68. The summed E-state index contributed by atoms with van der Waals surface area (Å²) in [5.41, 5.74) is 1.16. The Kier molecular flexibility index (Phi) is 4.80. The molecule has 0 bridgehead atoms. The third-order valence-corrected chi connectivity index (χ3v) is 3.70. The van der Waals surface area contributed by atoms with Gasteiger partial charge >= 0.3 is 11.4 Å². The van der Waals surface area contributed by atoms with E-state index in [0.717, 1.165) is 23.2 Å². The fraction of sp³-hybridized carbons (Fsp3) is 0. The quantitative estimate of drug-likeness (QED) is 0.292. The van der Waals surface area contributed by atoms with Crippen molar-refractivity contribution in [3.8, 4) is 0 Å². The number of nitro groups is 2. The second kappa shape index (κ2) is 7.35. The van der Waals surface area contributed by atoms with Crippen LogP contribution in [0.25, 0.3) is 21.8 Å². The summed E-state index contributed by atoms with van der Waals surface area (Å²) in [5, 5.41) is 22.9. The highest BCUT2D eigenvalue weighted by molar-refractivity contribution is 5.92. The molecule has 0 aliphatic rings. The average Bonchev–Trinajstić information content (AvgIpc) is 2.66. The van der Waals surface area contributed by atoms with Gasteiger partial charge in [0.25, 0.3) is 0 Å². The number of fused-ring (bicyclic) bond motifs is 2. The van der Waals surface area contributed by atoms with Crippen molar-refractivity contribution in [2.45, 2.75) is 0 Å². The van der Waals surface area contributed by atoms with Crippen molar-refractivity contribution in [2.75, 3.05) is 0 Å². The number of aromatic nitrogens is 1. The molecule has 7 heteroatoms. The Morgan fingerprint density at radius 3 is 1.42 bits per heavy atom. The van der Waals surface area contributed by atoms with Crippen LogP contribution in [-0.2, 0) is 0 Å². The molecule has 0 saturated heterocycles. The lowest BCUT2D eigenvalue weighted by Crippen LogP contribution is -1.95. The van der Waals surface area contributed by atoms with Crippen molar-refractivity contribution in [3.63, 3.8) is 0 Å². The summed E-state index contributed by atoms with van der Waals surface area (Å²) >= 11 is 0. The minimum atomic E-state index is -0.780. The third kappa shape index (κ3) is 3.62. The summed E-state index contributed by atoms with van der Waals surface area (Å²) in [5.74, 6) is 0. The van der Waals surface area contributed by atoms with Crippen LogP contribution in [0.5, 0.6) is 0 Å². The fourth-order valence-corrected chi connectivity index (χ4v) is 2.49. The number of hydrogen-bond donors (Lipinski definition) is 0. The Labute approximate surface area is 147 Å². The lowest BCUT2D eigenvalue weighted by atomic mass is 10.1. The lowest BCUT2D eigenvalue weighted by Gasteiger charge is -1.99. The monoisotopic (exact) mass is 347 g/mol. The fourth-order valence-electron chi connectivity index (χ4n) is 2.49. The minimum absolute atomic E-state index is 0.484. The predicted octanol–water partition coefficient (Wildman–Crippen LogP) is 4.89. The Hall–Kier alpha value is -3.87. The molecule has 7 nitrogen and oxygen atoms in total. The molecule has 0 saturated carbocycles. The summed E-state index contributed by atoms with van der Waals surface area (Å²) in [6.07, 6.45) is 0. The average molecular weight is 347 g/mol. The van der Waals surface area contributed by atoms with Gasteiger partial charge in [0, 0.05) is 22.9 Å². The van der Waals surface area contributed by atoms with Gasteiger partial charge in [0.15, 0.2) is 0 Å². The number of rotatable bonds is 2. The van der Waals surface area contributed by atoms with E-state index >= 15 is 0 Å². The molecule has 1 aromatic heterocycles. The van der Waals surface area contributed by atoms with E-state index in [1.807, 2.05) is 36.4 Å². The molecule has 0 aliphatic carbocycles. The van der Waals surface area contributed by atoms with Gasteiger partial charge in [-0.25, -0.2) is 4.98 Å². The van der Waals surface area contributed by atoms with Crippen LogP contribution in [0.4, 0.5) is 11.4 Å². The standard InChI is InChI=1S/C13H9N.C6H4N2O4/c1-3-7-12-10(5-1)9-11-6-2-4-8-13(11)14-12;9-7(10)5-3-1-2-4-6(5)8(11)12/h1-9H;1-4H. The van der Waals surface area contributed by atoms with Crippen LogP contribution >= 0.6 is 0 Å². The highest BCUT2D eigenvalue weighted by Gasteiger charge is 2.21. The molecule has 0 N–H and O–H groups in total. The largest absolute Gasteiger partial charge is 0.346 e. The lowest BCUT2D eigenvalue weighted by molar-refractivity contribution is -0.422. The van der Waals surface area contributed by atoms with Crippen molar-refractivity contribution in [3.05, 3.63) is 99.1 Å². The van der Waals surface area contributed by atoms with Crippen molar-refractivity contribution in [2.24, 2.45) is 0 Å². The number of benzene rings is 3. The van der Waals surface area contributed by atoms with Gasteiger partial charge in [-0.2, -0.15) is 0 Å². The molecule has 26 heavy (non-hydrogen) atoms. The van der Waals surface area contributed by atoms with E-state index in [-0.39, 0.29) is 0 Å². The van der Waals surface area contributed by atoms with Crippen molar-refractivity contribution < 1.29 is 9.85 Å². The van der Waals surface area contributed by atoms with E-state index in [4.69, 9.17) is 0 Å². The Bertz CT molecular complexity index is 974. The van der Waals surface area contributed by atoms with Crippen LogP contribution in [0.1, 0.15) is 0 Å². The Morgan fingerprint density at radius 2 is 1.00 bits per heavy atom. The topological polar surface area (TPSA) is 99.2 Å². The van der Waals surface area contributed by atoms with Crippen LogP contribution in [0.15, 0.2) is 78.9 Å². The first kappa shape index (κ1) is 17.0. The highest BCUT2D eigenvalue weighted by Crippen LogP contribution is 2.24. The van der Waals surface area contributed by atoms with Crippen LogP contribution in [0, 0.1) is 20.2 Å². The molecule has 0 spiro atoms. The molecular formula is C19H13N3O4. The van der Waals surface area contributed by atoms with E-state index < -0.39 is 21.2 Å². The number of nitrogens with zero attached hydrogens (tertiary/aromatic N) is 3. The normalized spacial score (nSPS) is 10.2. The SMILES string of the molecule is O=[N+]([O-])c1ccccc1[N+](=O)[O-].c1ccc2nc3ccccc3cc2c1. The molecular weight excluding hydrogens is 334 g/mol. The van der Waals surface area contributed by atoms with Gasteiger partial charge in [0.2, 0.25) is 0 Å². The number of para-hydroxylation sites is 4. The summed E-state index contributed by atoms with van der Waals surface area (Å²) in [6, 6.07) is 23.5. The predicted molar refractivity (Wildman–Crippen MR) is 99.0 cm³/mol. The summed E-state index contributed by atoms with van der Waals surface area (Å²) in [6.45, 7) is 0. The smallest absolute Gasteiger partial charge is 0.258 e. The molecule has 1 heterocycles. The van der Waals surface area contributed by atoms with Gasteiger partial charge in [-0.1, -0.05) is 48.5 Å². The maximum atomic E-state index is 10.2. The van der Waals surface area contributed by atoms with Gasteiger partial charge in [-0.3, -0.25) is 20.2 Å². The summed E-state index contributed by atoms with van der Waals surface area (Å²) in [7, 11) is 0. The first-order chi connectivity index (χ1) is 12.6. The number of pyridine rings is 1. The van der Waals surface area contributed by atoms with Crippen molar-refractivity contribution in [1.29, 1.82) is 0 Å². The molecule has 0 unspecified atom stereocenters. The van der Waals surface area contributed by atoms with Crippen molar-refractivity contribution in [1.82, 2.24) is 4.98 Å². The first-order valence-electron chi connectivity index (χ1n) is 7.68. The van der Waals surface area contributed by atoms with E-state index in [1.165, 1.54) is 22.9 Å². The maximum Gasteiger partial charge on any atom is 0.346 e. The van der Waals surface area contributed by atoms with E-state index in [9.17, 15) is 20.2 Å². The van der Waals surface area contributed by atoms with E-state index in [1.54, 1.807) is 0 Å². The molecule has 0 radical (unpaired) electrons. The molecule has 4 aromatic rings. The third-order valence-electron chi connectivity index (χ3n) is 3.70. The molecule has 0 fully saturated rings. The second-order valence-electron chi connectivity index (χ2n) is 5.38. The summed E-state index contributed by atoms with van der Waals surface area (Å²) < 4.78 is 0. The van der Waals surface area contributed by atoms with E-state index in [0.29, 0.717) is 0 Å². The van der Waals surface area contributed by atoms with Crippen LogP contribution in [-0.4, -0.2) is 14.8 Å². The highest BCUT2D eigenvalue weighted by atomic mass is 16.6. The minimum Gasteiger partial charge on any atom is -0.258 e. The van der Waals surface area contributed by atoms with Gasteiger partial charge in [0.1, 0.15) is 0 Å². The zero-order chi connectivity index (χ0) is 18.5. The number of nitro benzene ring substituents is 2. The zero-order valence-corrected chi connectivity index (χ0v) is 13.5. The summed E-state index contributed by atoms with van der Waals surface area (Å²) in [4.78, 5) is 23.5. The van der Waals surface area contributed by atoms with Gasteiger partial charge in [0.05, 0.1) is 20.9 Å². The van der Waals surface area contributed by atoms with Gasteiger partial charge in [-0.15, -0.1) is 0 Å². The Balaban J connectivity index is 0.000000153. The molecule has 128 valence electrons. The molecule has 3 aromatic carbocycles. The molecule has 0 atom stereocenters. The molecule has 0 aliphatic heterocycles. The van der Waals surface area contributed by atoms with Crippen molar-refractivity contribution >= 4 is 33.2 Å². The Morgan fingerprint density at radius 1 is 0.615 bits per heavy atom. The van der Waals surface area contributed by atoms with Gasteiger partial charge in [-0.05, 0) is 18.2 Å². The maximum absolute atomic E-state index is 10.2. The molecule has 4 rings (SSSR count). The zero-order valence-electron chi connectivity index (χ0n) is 13.5. The molecule has 0 amide bonds. The van der Waals surface area contributed by atoms with E-state index in [2.05, 4.69) is 23.2 Å². The van der Waals surface area contributed by atoms with Crippen LogP contribution in [0.2, 0.25) is 0 Å². The van der Waals surface area contributed by atoms with Crippen LogP contribution < -0.4 is 0 Å².